The summed E-state index contributed by atoms with van der Waals surface area (Å²) in [5.41, 5.74) is 4.06. The smallest absolute Gasteiger partial charge is 0.233 e. The number of hydrogen-bond donors (Lipinski definition) is 1. The minimum absolute atomic E-state index is 0.0661. The van der Waals surface area contributed by atoms with Crippen LogP contribution in [0.2, 0.25) is 0 Å². The van der Waals surface area contributed by atoms with Crippen LogP contribution in [-0.4, -0.2) is 43.3 Å². The minimum Gasteiger partial charge on any atom is -0.358 e. The maximum atomic E-state index is 12.4. The zero-order chi connectivity index (χ0) is 15.3. The Bertz CT molecular complexity index is 509. The molecule has 0 atom stereocenters. The monoisotopic (exact) mass is 276 g/mol. The molecule has 0 spiro atoms. The predicted octanol–water partition coefficient (Wildman–Crippen LogP) is 1.86. The number of rotatable bonds is 6. The fourth-order valence-corrected chi connectivity index (χ4v) is 2.11. The highest BCUT2D eigenvalue weighted by Crippen LogP contribution is 2.16. The van der Waals surface area contributed by atoms with Gasteiger partial charge in [-0.1, -0.05) is 13.0 Å². The fourth-order valence-electron chi connectivity index (χ4n) is 2.11. The first kappa shape index (κ1) is 16.4. The molecule has 1 N–H and O–H groups in total. The van der Waals surface area contributed by atoms with Crippen LogP contribution < -0.4 is 5.32 Å². The van der Waals surface area contributed by atoms with Gasteiger partial charge in [0.15, 0.2) is 5.78 Å². The highest BCUT2D eigenvalue weighted by molar-refractivity contribution is 5.99. The van der Waals surface area contributed by atoms with Gasteiger partial charge in [-0.2, -0.15) is 0 Å². The van der Waals surface area contributed by atoms with Crippen molar-refractivity contribution < 1.29 is 9.59 Å². The van der Waals surface area contributed by atoms with Gasteiger partial charge < -0.3 is 5.32 Å². The summed E-state index contributed by atoms with van der Waals surface area (Å²) in [6, 6.07) is 3.98. The van der Waals surface area contributed by atoms with Crippen molar-refractivity contribution in [2.45, 2.75) is 27.7 Å². The molecule has 1 rings (SSSR count). The van der Waals surface area contributed by atoms with E-state index in [0.717, 1.165) is 16.7 Å². The Morgan fingerprint density at radius 2 is 1.65 bits per heavy atom. The molecule has 0 aliphatic carbocycles. The summed E-state index contributed by atoms with van der Waals surface area (Å²) < 4.78 is 0. The number of Topliss-reactive ketones (excluding diaryl/α,β-unsaturated/α-hetero) is 1. The average molecular weight is 276 g/mol. The molecule has 4 nitrogen and oxygen atoms in total. The van der Waals surface area contributed by atoms with Crippen LogP contribution in [-0.2, 0) is 4.79 Å². The van der Waals surface area contributed by atoms with E-state index in [0.29, 0.717) is 6.54 Å². The van der Waals surface area contributed by atoms with Crippen LogP contribution in [0.4, 0.5) is 0 Å². The third-order valence-corrected chi connectivity index (χ3v) is 3.60. The molecule has 0 saturated carbocycles. The van der Waals surface area contributed by atoms with Crippen LogP contribution in [0.25, 0.3) is 0 Å². The van der Waals surface area contributed by atoms with Crippen molar-refractivity contribution in [3.63, 3.8) is 0 Å². The summed E-state index contributed by atoms with van der Waals surface area (Å²) in [6.45, 7) is 9.14. The van der Waals surface area contributed by atoms with Gasteiger partial charge in [-0.3, -0.25) is 14.5 Å². The number of ketones is 1. The second kappa shape index (κ2) is 7.20. The van der Waals surface area contributed by atoms with Gasteiger partial charge in [-0.05, 0) is 50.1 Å². The van der Waals surface area contributed by atoms with Crippen molar-refractivity contribution in [1.29, 1.82) is 0 Å². The lowest BCUT2D eigenvalue weighted by atomic mass is 9.98. The summed E-state index contributed by atoms with van der Waals surface area (Å²) in [7, 11) is 1.60. The highest BCUT2D eigenvalue weighted by Gasteiger charge is 2.16. The average Bonchev–Trinajstić information content (AvgIpc) is 2.41. The Morgan fingerprint density at radius 3 is 2.20 bits per heavy atom. The van der Waals surface area contributed by atoms with Gasteiger partial charge in [0.2, 0.25) is 5.91 Å². The molecule has 4 heteroatoms. The van der Waals surface area contributed by atoms with Crippen LogP contribution in [0.1, 0.15) is 34.0 Å². The van der Waals surface area contributed by atoms with Crippen molar-refractivity contribution in [3.05, 3.63) is 34.4 Å². The summed E-state index contributed by atoms with van der Waals surface area (Å²) in [4.78, 5) is 25.6. The predicted molar refractivity (Wildman–Crippen MR) is 81.2 cm³/mol. The number of likely N-dealkylation sites (N-methyl/N-ethyl adjacent to an activating group) is 2. The Balaban J connectivity index is 2.84. The number of hydrogen-bond acceptors (Lipinski definition) is 3. The van der Waals surface area contributed by atoms with Crippen LogP contribution >= 0.6 is 0 Å². The lowest BCUT2D eigenvalue weighted by Crippen LogP contribution is -2.38. The van der Waals surface area contributed by atoms with E-state index in [1.54, 1.807) is 7.05 Å². The molecule has 0 radical (unpaired) electrons. The van der Waals surface area contributed by atoms with Gasteiger partial charge in [0.05, 0.1) is 13.1 Å². The summed E-state index contributed by atoms with van der Waals surface area (Å²) in [5, 5.41) is 2.58. The molecule has 0 bridgehead atoms. The van der Waals surface area contributed by atoms with E-state index in [4.69, 9.17) is 0 Å². The molecule has 0 heterocycles. The van der Waals surface area contributed by atoms with Crippen molar-refractivity contribution in [1.82, 2.24) is 10.2 Å². The normalized spacial score (nSPS) is 10.7. The molecule has 0 aliphatic heterocycles. The second-order valence-corrected chi connectivity index (χ2v) is 5.15. The molecule has 0 fully saturated rings. The zero-order valence-corrected chi connectivity index (χ0v) is 13.0. The first-order valence-electron chi connectivity index (χ1n) is 6.93. The molecule has 0 aromatic heterocycles. The Kier molecular flexibility index (Phi) is 5.89. The number of nitrogens with zero attached hydrogens (tertiary/aromatic N) is 1. The number of amides is 1. The Hall–Kier alpha value is -1.68. The van der Waals surface area contributed by atoms with E-state index in [1.807, 2.05) is 44.7 Å². The van der Waals surface area contributed by atoms with Gasteiger partial charge in [0, 0.05) is 12.6 Å². The summed E-state index contributed by atoms with van der Waals surface area (Å²) in [6.07, 6.45) is 0. The minimum atomic E-state index is -0.0727. The van der Waals surface area contributed by atoms with Gasteiger partial charge in [0.25, 0.3) is 0 Å². The molecular formula is C16H24N2O2. The first-order valence-corrected chi connectivity index (χ1v) is 6.93. The van der Waals surface area contributed by atoms with Gasteiger partial charge in [-0.25, -0.2) is 0 Å². The van der Waals surface area contributed by atoms with Gasteiger partial charge >= 0.3 is 0 Å². The van der Waals surface area contributed by atoms with Crippen LogP contribution in [0.3, 0.4) is 0 Å². The van der Waals surface area contributed by atoms with Crippen molar-refractivity contribution in [3.8, 4) is 0 Å². The molecule has 1 aromatic rings. The topological polar surface area (TPSA) is 49.4 Å². The summed E-state index contributed by atoms with van der Waals surface area (Å²) >= 11 is 0. The SMILES string of the molecule is CCN(CC(=O)NC)CC(=O)c1cc(C)c(C)cc1C. The fraction of sp³-hybridized carbons (Fsp3) is 0.500. The molecule has 0 saturated heterocycles. The Morgan fingerprint density at radius 1 is 1.05 bits per heavy atom. The molecular weight excluding hydrogens is 252 g/mol. The van der Waals surface area contributed by atoms with Crippen LogP contribution in [0.15, 0.2) is 12.1 Å². The standard InChI is InChI=1S/C16H24N2O2/c1-6-18(10-16(20)17-5)9-15(19)14-8-12(3)11(2)7-13(14)4/h7-8H,6,9-10H2,1-5H3,(H,17,20). The highest BCUT2D eigenvalue weighted by atomic mass is 16.2. The number of carbonyl (C=O) groups is 2. The lowest BCUT2D eigenvalue weighted by Gasteiger charge is -2.19. The third-order valence-electron chi connectivity index (χ3n) is 3.60. The van der Waals surface area contributed by atoms with Crippen molar-refractivity contribution >= 4 is 11.7 Å². The quantitative estimate of drug-likeness (QED) is 0.807. The number of nitrogens with one attached hydrogen (secondary N) is 1. The lowest BCUT2D eigenvalue weighted by molar-refractivity contribution is -0.121. The largest absolute Gasteiger partial charge is 0.358 e. The molecule has 0 aliphatic rings. The van der Waals surface area contributed by atoms with Crippen molar-refractivity contribution in [2.75, 3.05) is 26.7 Å². The van der Waals surface area contributed by atoms with E-state index in [2.05, 4.69) is 5.32 Å². The van der Waals surface area contributed by atoms with E-state index in [9.17, 15) is 9.59 Å². The zero-order valence-electron chi connectivity index (χ0n) is 13.0. The molecule has 1 aromatic carbocycles. The van der Waals surface area contributed by atoms with Crippen LogP contribution in [0.5, 0.6) is 0 Å². The number of benzene rings is 1. The van der Waals surface area contributed by atoms with E-state index in [1.165, 1.54) is 5.56 Å². The van der Waals surface area contributed by atoms with Gasteiger partial charge in [0.1, 0.15) is 0 Å². The van der Waals surface area contributed by atoms with E-state index < -0.39 is 0 Å². The molecule has 20 heavy (non-hydrogen) atoms. The molecule has 0 unspecified atom stereocenters. The van der Waals surface area contributed by atoms with Gasteiger partial charge in [-0.15, -0.1) is 0 Å². The van der Waals surface area contributed by atoms with Crippen molar-refractivity contribution in [2.24, 2.45) is 0 Å². The van der Waals surface area contributed by atoms with E-state index >= 15 is 0 Å². The maximum absolute atomic E-state index is 12.4. The number of aryl methyl sites for hydroxylation is 3. The maximum Gasteiger partial charge on any atom is 0.233 e. The third kappa shape index (κ3) is 4.17. The molecule has 1 amide bonds. The number of carbonyl (C=O) groups excluding carboxylic acids is 2. The van der Waals surface area contributed by atoms with E-state index in [-0.39, 0.29) is 24.8 Å². The van der Waals surface area contributed by atoms with Crippen LogP contribution in [0, 0.1) is 20.8 Å². The second-order valence-electron chi connectivity index (χ2n) is 5.15. The summed E-state index contributed by atoms with van der Waals surface area (Å²) in [5.74, 6) is -0.00666. The Labute approximate surface area is 121 Å². The molecule has 110 valence electrons. The first-order chi connectivity index (χ1) is 9.38.